The second kappa shape index (κ2) is 6.19. The number of thiophene rings is 1. The molecule has 0 saturated carbocycles. The Morgan fingerprint density at radius 1 is 1.41 bits per heavy atom. The normalized spacial score (nSPS) is 22.9. The second-order valence-electron chi connectivity index (χ2n) is 5.05. The number of likely N-dealkylation sites (tertiary alicyclic amines) is 1. The summed E-state index contributed by atoms with van der Waals surface area (Å²) < 4.78 is 0.902. The van der Waals surface area contributed by atoms with Gasteiger partial charge in [-0.25, -0.2) is 0 Å². The highest BCUT2D eigenvalue weighted by molar-refractivity contribution is 7.16. The molecule has 0 amide bonds. The molecule has 2 rings (SSSR count). The third kappa shape index (κ3) is 3.95. The van der Waals surface area contributed by atoms with E-state index in [4.69, 9.17) is 11.6 Å². The minimum absolute atomic E-state index is 0.702. The molecule has 0 unspecified atom stereocenters. The van der Waals surface area contributed by atoms with E-state index in [-0.39, 0.29) is 0 Å². The average molecular weight is 273 g/mol. The predicted molar refractivity (Wildman–Crippen MR) is 75.9 cm³/mol. The van der Waals surface area contributed by atoms with Gasteiger partial charge in [0.05, 0.1) is 4.34 Å². The Hall–Kier alpha value is -0.0900. The summed E-state index contributed by atoms with van der Waals surface area (Å²) in [6, 6.07) is 4.86. The molecule has 96 valence electrons. The van der Waals surface area contributed by atoms with Gasteiger partial charge in [0.25, 0.3) is 0 Å². The Bertz CT molecular complexity index is 351. The van der Waals surface area contributed by atoms with Crippen molar-refractivity contribution in [2.24, 2.45) is 0 Å². The highest BCUT2D eigenvalue weighted by atomic mass is 35.5. The van der Waals surface area contributed by atoms with E-state index in [0.29, 0.717) is 6.04 Å². The van der Waals surface area contributed by atoms with Crippen molar-refractivity contribution in [2.45, 2.75) is 31.8 Å². The van der Waals surface area contributed by atoms with Crippen molar-refractivity contribution in [1.29, 1.82) is 0 Å². The highest BCUT2D eigenvalue weighted by Crippen LogP contribution is 2.24. The van der Waals surface area contributed by atoms with Crippen LogP contribution in [0, 0.1) is 0 Å². The monoisotopic (exact) mass is 272 g/mol. The molecular formula is C13H21ClN2S. The first-order valence-electron chi connectivity index (χ1n) is 6.28. The minimum atomic E-state index is 0.702. The molecule has 0 N–H and O–H groups in total. The van der Waals surface area contributed by atoms with Crippen molar-refractivity contribution in [3.05, 3.63) is 21.3 Å². The first-order chi connectivity index (χ1) is 8.15. The van der Waals surface area contributed by atoms with Crippen molar-refractivity contribution in [2.75, 3.05) is 27.2 Å². The van der Waals surface area contributed by atoms with Gasteiger partial charge in [0.15, 0.2) is 0 Å². The van der Waals surface area contributed by atoms with E-state index in [0.717, 1.165) is 10.9 Å². The van der Waals surface area contributed by atoms with Gasteiger partial charge in [-0.15, -0.1) is 11.3 Å². The summed E-state index contributed by atoms with van der Waals surface area (Å²) in [4.78, 5) is 6.31. The Labute approximate surface area is 113 Å². The molecule has 1 saturated heterocycles. The SMILES string of the molecule is CN(C)[C@H]1CCCCN(Cc2ccc(Cl)s2)C1. The van der Waals surface area contributed by atoms with Gasteiger partial charge in [-0.05, 0) is 45.6 Å². The van der Waals surface area contributed by atoms with Crippen LogP contribution in [0.25, 0.3) is 0 Å². The summed E-state index contributed by atoms with van der Waals surface area (Å²) >= 11 is 7.69. The van der Waals surface area contributed by atoms with Crippen LogP contribution >= 0.6 is 22.9 Å². The zero-order valence-corrected chi connectivity index (χ0v) is 12.2. The molecule has 0 spiro atoms. The van der Waals surface area contributed by atoms with Gasteiger partial charge in [0, 0.05) is 24.0 Å². The molecule has 0 radical (unpaired) electrons. The molecule has 0 aromatic carbocycles. The molecule has 1 aliphatic rings. The molecule has 2 nitrogen and oxygen atoms in total. The lowest BCUT2D eigenvalue weighted by molar-refractivity contribution is 0.192. The number of likely N-dealkylation sites (N-methyl/N-ethyl adjacent to an activating group) is 1. The number of hydrogen-bond acceptors (Lipinski definition) is 3. The summed E-state index contributed by atoms with van der Waals surface area (Å²) in [6.07, 6.45) is 4.00. The van der Waals surface area contributed by atoms with Crippen LogP contribution in [-0.4, -0.2) is 43.0 Å². The maximum Gasteiger partial charge on any atom is 0.0931 e. The zero-order chi connectivity index (χ0) is 12.3. The van der Waals surface area contributed by atoms with Crippen molar-refractivity contribution in [3.8, 4) is 0 Å². The Morgan fingerprint density at radius 3 is 2.88 bits per heavy atom. The van der Waals surface area contributed by atoms with Crippen molar-refractivity contribution >= 4 is 22.9 Å². The van der Waals surface area contributed by atoms with Crippen LogP contribution in [0.4, 0.5) is 0 Å². The molecule has 2 heterocycles. The average Bonchev–Trinajstić information content (AvgIpc) is 2.54. The van der Waals surface area contributed by atoms with Crippen LogP contribution in [0.3, 0.4) is 0 Å². The van der Waals surface area contributed by atoms with Gasteiger partial charge in [-0.2, -0.15) is 0 Å². The Morgan fingerprint density at radius 2 is 2.24 bits per heavy atom. The molecule has 1 aromatic heterocycles. The zero-order valence-electron chi connectivity index (χ0n) is 10.7. The molecule has 17 heavy (non-hydrogen) atoms. The number of rotatable bonds is 3. The molecule has 0 bridgehead atoms. The third-order valence-corrected chi connectivity index (χ3v) is 4.69. The molecule has 1 atom stereocenters. The summed E-state index contributed by atoms with van der Waals surface area (Å²) in [5.41, 5.74) is 0. The highest BCUT2D eigenvalue weighted by Gasteiger charge is 2.19. The summed E-state index contributed by atoms with van der Waals surface area (Å²) in [6.45, 7) is 3.46. The van der Waals surface area contributed by atoms with Crippen molar-refractivity contribution < 1.29 is 0 Å². The van der Waals surface area contributed by atoms with Crippen LogP contribution in [0.2, 0.25) is 4.34 Å². The van der Waals surface area contributed by atoms with Crippen molar-refractivity contribution in [1.82, 2.24) is 9.80 Å². The molecule has 1 fully saturated rings. The van der Waals surface area contributed by atoms with Gasteiger partial charge >= 0.3 is 0 Å². The summed E-state index contributed by atoms with van der Waals surface area (Å²) in [5.74, 6) is 0. The first kappa shape index (κ1) is 13.3. The Kier molecular flexibility index (Phi) is 4.86. The molecule has 1 aliphatic heterocycles. The van der Waals surface area contributed by atoms with Crippen LogP contribution in [-0.2, 0) is 6.54 Å². The number of halogens is 1. The van der Waals surface area contributed by atoms with E-state index in [1.165, 1.54) is 37.2 Å². The minimum Gasteiger partial charge on any atom is -0.305 e. The topological polar surface area (TPSA) is 6.48 Å². The Balaban J connectivity index is 1.94. The van der Waals surface area contributed by atoms with Gasteiger partial charge in [-0.1, -0.05) is 18.0 Å². The van der Waals surface area contributed by atoms with Crippen LogP contribution in [0.1, 0.15) is 24.1 Å². The standard InChI is InChI=1S/C13H21ClN2S/c1-15(2)11-5-3-4-8-16(9-11)10-12-6-7-13(14)17-12/h6-7,11H,3-5,8-10H2,1-2H3/t11-/m0/s1. The lowest BCUT2D eigenvalue weighted by Crippen LogP contribution is -2.38. The number of hydrogen-bond donors (Lipinski definition) is 0. The summed E-state index contributed by atoms with van der Waals surface area (Å²) in [5, 5.41) is 0. The van der Waals surface area contributed by atoms with Gasteiger partial charge in [-0.3, -0.25) is 4.90 Å². The molecule has 4 heteroatoms. The molecule has 1 aromatic rings. The van der Waals surface area contributed by atoms with Crippen LogP contribution in [0.15, 0.2) is 12.1 Å². The van der Waals surface area contributed by atoms with E-state index < -0.39 is 0 Å². The largest absolute Gasteiger partial charge is 0.305 e. The molecule has 0 aliphatic carbocycles. The van der Waals surface area contributed by atoms with Gasteiger partial charge in [0.1, 0.15) is 0 Å². The van der Waals surface area contributed by atoms with E-state index in [1.54, 1.807) is 11.3 Å². The quantitative estimate of drug-likeness (QED) is 0.833. The number of nitrogens with zero attached hydrogens (tertiary/aromatic N) is 2. The summed E-state index contributed by atoms with van der Waals surface area (Å²) in [7, 11) is 4.38. The van der Waals surface area contributed by atoms with E-state index in [9.17, 15) is 0 Å². The van der Waals surface area contributed by atoms with Gasteiger partial charge < -0.3 is 4.90 Å². The fourth-order valence-corrected chi connectivity index (χ4v) is 3.55. The van der Waals surface area contributed by atoms with E-state index in [2.05, 4.69) is 30.0 Å². The van der Waals surface area contributed by atoms with E-state index >= 15 is 0 Å². The fraction of sp³-hybridized carbons (Fsp3) is 0.692. The van der Waals surface area contributed by atoms with Crippen LogP contribution in [0.5, 0.6) is 0 Å². The predicted octanol–water partition coefficient (Wildman–Crippen LogP) is 3.32. The van der Waals surface area contributed by atoms with E-state index in [1.807, 2.05) is 6.07 Å². The second-order valence-corrected chi connectivity index (χ2v) is 6.85. The third-order valence-electron chi connectivity index (χ3n) is 3.47. The maximum atomic E-state index is 5.98. The van der Waals surface area contributed by atoms with Gasteiger partial charge in [0.2, 0.25) is 0 Å². The first-order valence-corrected chi connectivity index (χ1v) is 7.47. The fourth-order valence-electron chi connectivity index (χ4n) is 2.42. The lowest BCUT2D eigenvalue weighted by atomic mass is 10.1. The van der Waals surface area contributed by atoms with Crippen molar-refractivity contribution in [3.63, 3.8) is 0 Å². The lowest BCUT2D eigenvalue weighted by Gasteiger charge is -2.28. The molecular weight excluding hydrogens is 252 g/mol. The maximum absolute atomic E-state index is 5.98. The smallest absolute Gasteiger partial charge is 0.0931 e. The van der Waals surface area contributed by atoms with Crippen LogP contribution < -0.4 is 0 Å².